The second-order valence-electron chi connectivity index (χ2n) is 7.59. The number of rotatable bonds is 0. The van der Waals surface area contributed by atoms with Gasteiger partial charge >= 0.3 is 0 Å². The van der Waals surface area contributed by atoms with Crippen molar-refractivity contribution in [3.63, 3.8) is 0 Å². The van der Waals surface area contributed by atoms with Gasteiger partial charge < -0.3 is 5.11 Å². The minimum Gasteiger partial charge on any atom is -0.393 e. The molecule has 6 atom stereocenters. The fourth-order valence-corrected chi connectivity index (χ4v) is 5.42. The number of aliphatic hydroxyl groups excluding tert-OH is 1. The van der Waals surface area contributed by atoms with Crippen LogP contribution in [0.25, 0.3) is 0 Å². The average Bonchev–Trinajstić information content (AvgIpc) is 2.76. The van der Waals surface area contributed by atoms with E-state index in [-0.39, 0.29) is 11.5 Å². The lowest BCUT2D eigenvalue weighted by Gasteiger charge is -2.51. The summed E-state index contributed by atoms with van der Waals surface area (Å²) in [5.41, 5.74) is 0.792. The largest absolute Gasteiger partial charge is 0.393 e. The van der Waals surface area contributed by atoms with Crippen LogP contribution < -0.4 is 0 Å². The Balaban J connectivity index is 1.95. The number of hydrogen-bond acceptors (Lipinski definition) is 1. The van der Waals surface area contributed by atoms with Gasteiger partial charge in [0.2, 0.25) is 0 Å². The van der Waals surface area contributed by atoms with Crippen molar-refractivity contribution in [2.24, 2.45) is 34.5 Å². The lowest BCUT2D eigenvalue weighted by Crippen LogP contribution is -2.49. The summed E-state index contributed by atoms with van der Waals surface area (Å²) in [4.78, 5) is 0. The molecule has 0 aromatic carbocycles. The van der Waals surface area contributed by atoms with Crippen LogP contribution >= 0.6 is 0 Å². The fraction of sp³-hybridized carbons (Fsp3) is 1.00. The van der Waals surface area contributed by atoms with Crippen molar-refractivity contribution in [1.82, 2.24) is 0 Å². The van der Waals surface area contributed by atoms with Crippen LogP contribution in [0.4, 0.5) is 0 Å². The summed E-state index contributed by atoms with van der Waals surface area (Å²) in [6, 6.07) is 0. The van der Waals surface area contributed by atoms with Crippen LogP contribution in [0.2, 0.25) is 0 Å². The molecule has 0 saturated heterocycles. The van der Waals surface area contributed by atoms with Crippen LogP contribution in [0.1, 0.15) is 53.4 Å². The first-order chi connectivity index (χ1) is 7.39. The SMILES string of the molecule is C[C@@H]1CC[C@@H](O)[C@]2(C)CC[C@H]3[C@@H]([C@H]12)C3(C)C. The molecule has 0 aliphatic heterocycles. The van der Waals surface area contributed by atoms with Crippen LogP contribution in [-0.2, 0) is 0 Å². The molecule has 0 spiro atoms. The molecule has 3 aliphatic rings. The Morgan fingerprint density at radius 1 is 1.00 bits per heavy atom. The lowest BCUT2D eigenvalue weighted by molar-refractivity contribution is -0.0951. The molecule has 0 amide bonds. The predicted octanol–water partition coefficient (Wildman–Crippen LogP) is 3.47. The van der Waals surface area contributed by atoms with Gasteiger partial charge in [0.15, 0.2) is 0 Å². The maximum absolute atomic E-state index is 10.4. The third-order valence-electron chi connectivity index (χ3n) is 6.55. The van der Waals surface area contributed by atoms with E-state index in [1.54, 1.807) is 0 Å². The Morgan fingerprint density at radius 3 is 2.38 bits per heavy atom. The van der Waals surface area contributed by atoms with Crippen molar-refractivity contribution in [3.8, 4) is 0 Å². The molecular weight excluding hydrogens is 196 g/mol. The van der Waals surface area contributed by atoms with Crippen molar-refractivity contribution >= 4 is 0 Å². The molecule has 16 heavy (non-hydrogen) atoms. The Morgan fingerprint density at radius 2 is 1.69 bits per heavy atom. The summed E-state index contributed by atoms with van der Waals surface area (Å²) in [6.45, 7) is 9.68. The average molecular weight is 222 g/mol. The first-order valence-corrected chi connectivity index (χ1v) is 7.07. The highest BCUT2D eigenvalue weighted by atomic mass is 16.3. The topological polar surface area (TPSA) is 20.2 Å². The van der Waals surface area contributed by atoms with E-state index in [4.69, 9.17) is 0 Å². The maximum atomic E-state index is 10.4. The highest BCUT2D eigenvalue weighted by molar-refractivity contribution is 5.16. The molecule has 3 saturated carbocycles. The minimum atomic E-state index is -0.0361. The quantitative estimate of drug-likeness (QED) is 0.665. The van der Waals surface area contributed by atoms with Crippen LogP contribution in [0.3, 0.4) is 0 Å². The van der Waals surface area contributed by atoms with E-state index in [0.29, 0.717) is 5.41 Å². The third kappa shape index (κ3) is 1.16. The highest BCUT2D eigenvalue weighted by Crippen LogP contribution is 2.73. The van der Waals surface area contributed by atoms with E-state index < -0.39 is 0 Å². The molecule has 1 nitrogen and oxygen atoms in total. The van der Waals surface area contributed by atoms with E-state index in [1.165, 1.54) is 19.3 Å². The summed E-state index contributed by atoms with van der Waals surface area (Å²) in [5, 5.41) is 10.4. The predicted molar refractivity (Wildman–Crippen MR) is 66.0 cm³/mol. The lowest BCUT2D eigenvalue weighted by atomic mass is 9.55. The van der Waals surface area contributed by atoms with Crippen molar-refractivity contribution in [2.45, 2.75) is 59.5 Å². The van der Waals surface area contributed by atoms with E-state index in [0.717, 1.165) is 30.1 Å². The van der Waals surface area contributed by atoms with Gasteiger partial charge in [0, 0.05) is 0 Å². The summed E-state index contributed by atoms with van der Waals surface area (Å²) in [7, 11) is 0. The van der Waals surface area contributed by atoms with Gasteiger partial charge in [-0.1, -0.05) is 27.7 Å². The zero-order valence-electron chi connectivity index (χ0n) is 11.2. The molecule has 0 unspecified atom stereocenters. The van der Waals surface area contributed by atoms with Crippen molar-refractivity contribution in [1.29, 1.82) is 0 Å². The molecule has 1 N–H and O–H groups in total. The summed E-state index contributed by atoms with van der Waals surface area (Å²) in [6.07, 6.45) is 4.85. The molecule has 0 heterocycles. The molecule has 0 radical (unpaired) electrons. The zero-order valence-corrected chi connectivity index (χ0v) is 11.2. The zero-order chi connectivity index (χ0) is 11.7. The molecular formula is C15H26O. The molecule has 3 rings (SSSR count). The smallest absolute Gasteiger partial charge is 0.0596 e. The molecule has 0 aromatic rings. The summed E-state index contributed by atoms with van der Waals surface area (Å²) >= 11 is 0. The van der Waals surface area contributed by atoms with E-state index in [1.807, 2.05) is 0 Å². The second kappa shape index (κ2) is 3.04. The standard InChI is InChI=1S/C15H26O/c1-9-5-6-11(16)15(4)8-7-10-13(12(9)15)14(10,2)3/h9-13,16H,5-8H2,1-4H3/t9-,10+,11-,12+,13+,15+/m1/s1. The molecule has 0 aromatic heterocycles. The van der Waals surface area contributed by atoms with E-state index in [2.05, 4.69) is 27.7 Å². The number of fused-ring (bicyclic) bond motifs is 3. The van der Waals surface area contributed by atoms with Crippen LogP contribution in [0.15, 0.2) is 0 Å². The monoisotopic (exact) mass is 222 g/mol. The molecule has 92 valence electrons. The summed E-state index contributed by atoms with van der Waals surface area (Å²) < 4.78 is 0. The van der Waals surface area contributed by atoms with Gasteiger partial charge in [0.1, 0.15) is 0 Å². The van der Waals surface area contributed by atoms with Gasteiger partial charge in [-0.3, -0.25) is 0 Å². The van der Waals surface area contributed by atoms with Gasteiger partial charge in [-0.15, -0.1) is 0 Å². The Hall–Kier alpha value is -0.0400. The Bertz CT molecular complexity index is 309. The maximum Gasteiger partial charge on any atom is 0.0596 e. The fourth-order valence-electron chi connectivity index (χ4n) is 5.42. The normalized spacial score (nSPS) is 58.7. The second-order valence-corrected chi connectivity index (χ2v) is 7.59. The van der Waals surface area contributed by atoms with Crippen molar-refractivity contribution in [3.05, 3.63) is 0 Å². The Labute approximate surface area is 99.6 Å². The van der Waals surface area contributed by atoms with Gasteiger partial charge in [-0.2, -0.15) is 0 Å². The van der Waals surface area contributed by atoms with Crippen LogP contribution in [0.5, 0.6) is 0 Å². The first-order valence-electron chi connectivity index (χ1n) is 7.07. The minimum absolute atomic E-state index is 0.0361. The number of hydrogen-bond donors (Lipinski definition) is 1. The van der Waals surface area contributed by atoms with E-state index >= 15 is 0 Å². The van der Waals surface area contributed by atoms with Crippen LogP contribution in [-0.4, -0.2) is 11.2 Å². The van der Waals surface area contributed by atoms with Crippen LogP contribution in [0, 0.1) is 34.5 Å². The Kier molecular flexibility index (Phi) is 2.11. The van der Waals surface area contributed by atoms with Gasteiger partial charge in [-0.25, -0.2) is 0 Å². The van der Waals surface area contributed by atoms with E-state index in [9.17, 15) is 5.11 Å². The first kappa shape index (κ1) is 11.1. The van der Waals surface area contributed by atoms with Gasteiger partial charge in [-0.05, 0) is 60.2 Å². The number of aliphatic hydroxyl groups is 1. The highest BCUT2D eigenvalue weighted by Gasteiger charge is 2.68. The molecule has 0 bridgehead atoms. The molecule has 3 fully saturated rings. The van der Waals surface area contributed by atoms with Gasteiger partial charge in [0.05, 0.1) is 6.10 Å². The van der Waals surface area contributed by atoms with Crippen molar-refractivity contribution in [2.75, 3.05) is 0 Å². The molecule has 1 heteroatoms. The third-order valence-corrected chi connectivity index (χ3v) is 6.55. The van der Waals surface area contributed by atoms with Crippen molar-refractivity contribution < 1.29 is 5.11 Å². The van der Waals surface area contributed by atoms with Gasteiger partial charge in [0.25, 0.3) is 0 Å². The summed E-state index contributed by atoms with van der Waals surface area (Å²) in [5.74, 6) is 3.46. The molecule has 3 aliphatic carbocycles.